The van der Waals surface area contributed by atoms with Crippen LogP contribution in [0.4, 0.5) is 0 Å². The zero-order valence-corrected chi connectivity index (χ0v) is 14.1. The molecule has 4 rings (SSSR count). The van der Waals surface area contributed by atoms with Gasteiger partial charge in [0.25, 0.3) is 0 Å². The van der Waals surface area contributed by atoms with Crippen LogP contribution < -0.4 is 5.32 Å². The van der Waals surface area contributed by atoms with Crippen LogP contribution in [0.1, 0.15) is 11.5 Å². The van der Waals surface area contributed by atoms with E-state index in [4.69, 9.17) is 4.42 Å². The predicted octanol–water partition coefficient (Wildman–Crippen LogP) is 2.75. The lowest BCUT2D eigenvalue weighted by Crippen LogP contribution is -2.51. The number of rotatable bonds is 5. The van der Waals surface area contributed by atoms with E-state index in [1.165, 1.54) is 5.56 Å². The number of nitrogens with zero attached hydrogens (tertiary/aromatic N) is 3. The van der Waals surface area contributed by atoms with Gasteiger partial charge in [0, 0.05) is 44.2 Å². The molecule has 1 saturated heterocycles. The molecule has 1 aromatic heterocycles. The fraction of sp³-hybridized carbons (Fsp3) is 0.300. The van der Waals surface area contributed by atoms with E-state index >= 15 is 0 Å². The topological polar surface area (TPSA) is 54.2 Å². The van der Waals surface area contributed by atoms with Crippen molar-refractivity contribution in [2.75, 3.05) is 19.6 Å². The Balaban J connectivity index is 1.37. The number of nitrogens with one attached hydrogen (secondary N) is 1. The number of aromatic nitrogens is 2. The van der Waals surface area contributed by atoms with Crippen molar-refractivity contribution >= 4 is 0 Å². The van der Waals surface area contributed by atoms with Crippen LogP contribution in [0.2, 0.25) is 0 Å². The Labute approximate surface area is 147 Å². The monoisotopic (exact) mass is 334 g/mol. The van der Waals surface area contributed by atoms with Gasteiger partial charge in [0.1, 0.15) is 0 Å². The maximum atomic E-state index is 5.85. The maximum Gasteiger partial charge on any atom is 0.247 e. The van der Waals surface area contributed by atoms with Crippen molar-refractivity contribution in [2.24, 2.45) is 0 Å². The normalized spacial score (nSPS) is 18.3. The first kappa shape index (κ1) is 16.0. The second-order valence-electron chi connectivity index (χ2n) is 6.44. The van der Waals surface area contributed by atoms with E-state index in [1.807, 2.05) is 30.3 Å². The molecule has 2 aromatic carbocycles. The van der Waals surface area contributed by atoms with Gasteiger partial charge in [-0.3, -0.25) is 4.90 Å². The smallest absolute Gasteiger partial charge is 0.247 e. The molecule has 3 aromatic rings. The van der Waals surface area contributed by atoms with Crippen LogP contribution in [0, 0.1) is 0 Å². The highest BCUT2D eigenvalue weighted by Gasteiger charge is 2.22. The van der Waals surface area contributed by atoms with E-state index in [0.29, 0.717) is 17.8 Å². The average molecular weight is 334 g/mol. The average Bonchev–Trinajstić information content (AvgIpc) is 3.12. The molecule has 0 aliphatic carbocycles. The van der Waals surface area contributed by atoms with Crippen LogP contribution in [0.3, 0.4) is 0 Å². The first-order valence-corrected chi connectivity index (χ1v) is 8.74. The summed E-state index contributed by atoms with van der Waals surface area (Å²) in [6, 6.07) is 20.8. The first-order valence-electron chi connectivity index (χ1n) is 8.74. The van der Waals surface area contributed by atoms with Crippen molar-refractivity contribution < 1.29 is 4.42 Å². The molecule has 0 saturated carbocycles. The molecule has 1 aliphatic heterocycles. The molecule has 5 nitrogen and oxygen atoms in total. The summed E-state index contributed by atoms with van der Waals surface area (Å²) in [6.07, 6.45) is 0.755. The predicted molar refractivity (Wildman–Crippen MR) is 96.9 cm³/mol. The van der Waals surface area contributed by atoms with E-state index in [1.54, 1.807) is 0 Å². The third kappa shape index (κ3) is 4.13. The van der Waals surface area contributed by atoms with E-state index < -0.39 is 0 Å². The van der Waals surface area contributed by atoms with Gasteiger partial charge in [0.2, 0.25) is 11.8 Å². The molecule has 0 unspecified atom stereocenters. The zero-order valence-electron chi connectivity index (χ0n) is 14.1. The lowest BCUT2D eigenvalue weighted by Gasteiger charge is -2.33. The molecule has 0 spiro atoms. The Morgan fingerprint density at radius 2 is 1.76 bits per heavy atom. The Bertz CT molecular complexity index is 788. The third-order valence-corrected chi connectivity index (χ3v) is 4.50. The second-order valence-corrected chi connectivity index (χ2v) is 6.44. The van der Waals surface area contributed by atoms with Crippen LogP contribution >= 0.6 is 0 Å². The van der Waals surface area contributed by atoms with Gasteiger partial charge < -0.3 is 9.73 Å². The van der Waals surface area contributed by atoms with Crippen LogP contribution in [0.25, 0.3) is 11.5 Å². The van der Waals surface area contributed by atoms with E-state index in [0.717, 1.165) is 38.2 Å². The van der Waals surface area contributed by atoms with Gasteiger partial charge in [-0.1, -0.05) is 48.5 Å². The molecule has 1 atom stereocenters. The van der Waals surface area contributed by atoms with Crippen LogP contribution in [0.5, 0.6) is 0 Å². The van der Waals surface area contributed by atoms with Crippen molar-refractivity contribution in [1.82, 2.24) is 20.4 Å². The summed E-state index contributed by atoms with van der Waals surface area (Å²) >= 11 is 0. The van der Waals surface area contributed by atoms with Crippen molar-refractivity contribution in [3.05, 3.63) is 72.1 Å². The SMILES string of the molecule is c1ccc(CN2CCN[C@H](Cc3nnc(-c4ccccc4)o3)C2)cc1. The molecule has 0 amide bonds. The van der Waals surface area contributed by atoms with Gasteiger partial charge in [-0.25, -0.2) is 0 Å². The summed E-state index contributed by atoms with van der Waals surface area (Å²) in [5.41, 5.74) is 2.32. The highest BCUT2D eigenvalue weighted by atomic mass is 16.4. The number of benzene rings is 2. The fourth-order valence-electron chi connectivity index (χ4n) is 3.26. The number of piperazine rings is 1. The maximum absolute atomic E-state index is 5.85. The van der Waals surface area contributed by atoms with E-state index in [2.05, 4.69) is 50.7 Å². The van der Waals surface area contributed by atoms with Gasteiger partial charge in [0.05, 0.1) is 0 Å². The van der Waals surface area contributed by atoms with Gasteiger partial charge in [-0.15, -0.1) is 10.2 Å². The van der Waals surface area contributed by atoms with Crippen molar-refractivity contribution in [3.8, 4) is 11.5 Å². The van der Waals surface area contributed by atoms with E-state index in [-0.39, 0.29) is 0 Å². The Kier molecular flexibility index (Phi) is 4.86. The molecule has 1 aliphatic rings. The molecule has 5 heteroatoms. The minimum absolute atomic E-state index is 0.335. The Hall–Kier alpha value is -2.50. The quantitative estimate of drug-likeness (QED) is 0.777. The second kappa shape index (κ2) is 7.59. The molecule has 0 bridgehead atoms. The molecule has 25 heavy (non-hydrogen) atoms. The summed E-state index contributed by atoms with van der Waals surface area (Å²) in [4.78, 5) is 2.48. The lowest BCUT2D eigenvalue weighted by molar-refractivity contribution is 0.187. The summed E-state index contributed by atoms with van der Waals surface area (Å²) in [5.74, 6) is 1.28. The Morgan fingerprint density at radius 3 is 2.56 bits per heavy atom. The summed E-state index contributed by atoms with van der Waals surface area (Å²) in [7, 11) is 0. The molecule has 128 valence electrons. The molecule has 1 N–H and O–H groups in total. The highest BCUT2D eigenvalue weighted by molar-refractivity contribution is 5.51. The van der Waals surface area contributed by atoms with Crippen molar-refractivity contribution in [1.29, 1.82) is 0 Å². The minimum atomic E-state index is 0.335. The summed E-state index contributed by atoms with van der Waals surface area (Å²) in [5, 5.41) is 12.0. The fourth-order valence-corrected chi connectivity index (χ4v) is 3.26. The number of hydrogen-bond donors (Lipinski definition) is 1. The molecule has 1 fully saturated rings. The van der Waals surface area contributed by atoms with Gasteiger partial charge >= 0.3 is 0 Å². The van der Waals surface area contributed by atoms with Crippen molar-refractivity contribution in [3.63, 3.8) is 0 Å². The minimum Gasteiger partial charge on any atom is -0.421 e. The first-order chi connectivity index (χ1) is 12.4. The number of hydrogen-bond acceptors (Lipinski definition) is 5. The largest absolute Gasteiger partial charge is 0.421 e. The highest BCUT2D eigenvalue weighted by Crippen LogP contribution is 2.18. The van der Waals surface area contributed by atoms with Gasteiger partial charge in [-0.05, 0) is 17.7 Å². The van der Waals surface area contributed by atoms with Crippen LogP contribution in [-0.2, 0) is 13.0 Å². The lowest BCUT2D eigenvalue weighted by atomic mass is 10.1. The molecule has 2 heterocycles. The molecular weight excluding hydrogens is 312 g/mol. The summed E-state index contributed by atoms with van der Waals surface area (Å²) in [6.45, 7) is 4.01. The Morgan fingerprint density at radius 1 is 1.00 bits per heavy atom. The van der Waals surface area contributed by atoms with Gasteiger partial charge in [-0.2, -0.15) is 0 Å². The van der Waals surface area contributed by atoms with Gasteiger partial charge in [0.15, 0.2) is 0 Å². The third-order valence-electron chi connectivity index (χ3n) is 4.50. The molecular formula is C20H22N4O. The van der Waals surface area contributed by atoms with Crippen LogP contribution in [0.15, 0.2) is 65.1 Å². The zero-order chi connectivity index (χ0) is 16.9. The van der Waals surface area contributed by atoms with Crippen molar-refractivity contribution in [2.45, 2.75) is 19.0 Å². The summed E-state index contributed by atoms with van der Waals surface area (Å²) < 4.78 is 5.85. The van der Waals surface area contributed by atoms with Crippen LogP contribution in [-0.4, -0.2) is 40.8 Å². The standard InChI is InChI=1S/C20H22N4O/c1-3-7-16(8-4-1)14-24-12-11-21-18(15-24)13-19-22-23-20(25-19)17-9-5-2-6-10-17/h1-10,18,21H,11-15H2/t18-/m1/s1. The van der Waals surface area contributed by atoms with E-state index in [9.17, 15) is 0 Å². The molecule has 0 radical (unpaired) electrons.